The van der Waals surface area contributed by atoms with E-state index in [4.69, 9.17) is 0 Å². The number of aliphatic carboxylic acids is 1. The molecule has 1 aromatic rings. The van der Waals surface area contributed by atoms with Gasteiger partial charge in [0.15, 0.2) is 0 Å². The fraction of sp³-hybridized carbons (Fsp3) is 0.533. The summed E-state index contributed by atoms with van der Waals surface area (Å²) in [5, 5.41) is 9.20. The summed E-state index contributed by atoms with van der Waals surface area (Å²) >= 11 is 3.54. The molecule has 1 aliphatic rings. The predicted octanol–water partition coefficient (Wildman–Crippen LogP) is 2.52. The van der Waals surface area contributed by atoms with Crippen LogP contribution >= 0.6 is 15.9 Å². The Hall–Kier alpha value is -0.910. The van der Waals surface area contributed by atoms with Crippen molar-refractivity contribution in [1.29, 1.82) is 0 Å². The van der Waals surface area contributed by atoms with Crippen LogP contribution in [0, 0.1) is 6.92 Å². The van der Waals surface area contributed by atoms with E-state index >= 15 is 0 Å². The number of rotatable bonds is 4. The van der Waals surface area contributed by atoms with Crippen LogP contribution in [0.25, 0.3) is 0 Å². The molecule has 20 heavy (non-hydrogen) atoms. The zero-order valence-corrected chi connectivity index (χ0v) is 13.6. The molecule has 0 saturated carbocycles. The van der Waals surface area contributed by atoms with Gasteiger partial charge in [0.1, 0.15) is 0 Å². The van der Waals surface area contributed by atoms with Crippen molar-refractivity contribution in [3.05, 3.63) is 33.8 Å². The van der Waals surface area contributed by atoms with Crippen molar-refractivity contribution in [3.63, 3.8) is 0 Å². The second-order valence-corrected chi connectivity index (χ2v) is 6.32. The molecule has 2 rings (SSSR count). The molecule has 0 radical (unpaired) electrons. The van der Waals surface area contributed by atoms with E-state index in [0.29, 0.717) is 0 Å². The Morgan fingerprint density at radius 2 is 2.00 bits per heavy atom. The summed E-state index contributed by atoms with van der Waals surface area (Å²) in [6.45, 7) is 5.85. The van der Waals surface area contributed by atoms with Crippen LogP contribution in [0.4, 0.5) is 0 Å². The van der Waals surface area contributed by atoms with Crippen LogP contribution in [0.5, 0.6) is 0 Å². The first-order valence-electron chi connectivity index (χ1n) is 6.88. The average Bonchev–Trinajstić information content (AvgIpc) is 2.40. The Balaban J connectivity index is 2.22. The Labute approximate surface area is 128 Å². The highest BCUT2D eigenvalue weighted by molar-refractivity contribution is 9.10. The number of aryl methyl sites for hydroxylation is 1. The molecule has 0 amide bonds. The van der Waals surface area contributed by atoms with Gasteiger partial charge in [-0.15, -0.1) is 0 Å². The third-order valence-electron chi connectivity index (χ3n) is 3.93. The van der Waals surface area contributed by atoms with E-state index < -0.39 is 5.97 Å². The molecule has 1 atom stereocenters. The van der Waals surface area contributed by atoms with E-state index in [0.717, 1.165) is 36.2 Å². The van der Waals surface area contributed by atoms with Gasteiger partial charge in [0, 0.05) is 36.7 Å². The van der Waals surface area contributed by atoms with Gasteiger partial charge in [0.2, 0.25) is 0 Å². The number of benzene rings is 1. The first-order chi connectivity index (χ1) is 9.47. The minimum Gasteiger partial charge on any atom is -0.481 e. The molecule has 1 N–H and O–H groups in total. The molecule has 0 aliphatic carbocycles. The van der Waals surface area contributed by atoms with Crippen molar-refractivity contribution in [2.45, 2.75) is 19.4 Å². The molecule has 4 nitrogen and oxygen atoms in total. The zero-order valence-electron chi connectivity index (χ0n) is 12.0. The van der Waals surface area contributed by atoms with Gasteiger partial charge in [0.25, 0.3) is 0 Å². The first-order valence-corrected chi connectivity index (χ1v) is 7.67. The average molecular weight is 341 g/mol. The summed E-state index contributed by atoms with van der Waals surface area (Å²) in [5.74, 6) is -0.745. The van der Waals surface area contributed by atoms with Gasteiger partial charge in [0.05, 0.1) is 6.42 Å². The van der Waals surface area contributed by atoms with E-state index in [1.165, 1.54) is 5.56 Å². The summed E-state index contributed by atoms with van der Waals surface area (Å²) in [4.78, 5) is 15.8. The van der Waals surface area contributed by atoms with Crippen molar-refractivity contribution >= 4 is 21.9 Å². The van der Waals surface area contributed by atoms with Gasteiger partial charge in [-0.05, 0) is 31.2 Å². The van der Waals surface area contributed by atoms with Crippen molar-refractivity contribution in [3.8, 4) is 0 Å². The Morgan fingerprint density at radius 3 is 2.55 bits per heavy atom. The highest BCUT2D eigenvalue weighted by atomic mass is 79.9. The molecule has 0 bridgehead atoms. The fourth-order valence-electron chi connectivity index (χ4n) is 2.57. The number of carboxylic acid groups (broad SMARTS) is 1. The van der Waals surface area contributed by atoms with Crippen LogP contribution in [0.15, 0.2) is 22.7 Å². The molecule has 1 saturated heterocycles. The second kappa shape index (κ2) is 6.70. The van der Waals surface area contributed by atoms with E-state index in [1.807, 2.05) is 19.1 Å². The Bertz CT molecular complexity index is 485. The Kier molecular flexibility index (Phi) is 5.18. The lowest BCUT2D eigenvalue weighted by Crippen LogP contribution is -2.46. The number of piperazine rings is 1. The molecule has 1 unspecified atom stereocenters. The summed E-state index contributed by atoms with van der Waals surface area (Å²) in [5.41, 5.74) is 2.25. The first kappa shape index (κ1) is 15.5. The van der Waals surface area contributed by atoms with E-state index in [-0.39, 0.29) is 12.5 Å². The minimum absolute atomic E-state index is 0.0434. The van der Waals surface area contributed by atoms with Gasteiger partial charge in [-0.1, -0.05) is 28.1 Å². The molecule has 0 spiro atoms. The van der Waals surface area contributed by atoms with Crippen LogP contribution in [0.3, 0.4) is 0 Å². The normalized spacial score (nSPS) is 18.9. The van der Waals surface area contributed by atoms with Crippen molar-refractivity contribution in [2.24, 2.45) is 0 Å². The van der Waals surface area contributed by atoms with Crippen LogP contribution < -0.4 is 0 Å². The fourth-order valence-corrected chi connectivity index (χ4v) is 2.97. The summed E-state index contributed by atoms with van der Waals surface area (Å²) < 4.78 is 1.04. The van der Waals surface area contributed by atoms with Gasteiger partial charge in [-0.2, -0.15) is 0 Å². The maximum absolute atomic E-state index is 11.2. The highest BCUT2D eigenvalue weighted by Crippen LogP contribution is 2.29. The quantitative estimate of drug-likeness (QED) is 0.914. The maximum atomic E-state index is 11.2. The molecular weight excluding hydrogens is 320 g/mol. The largest absolute Gasteiger partial charge is 0.481 e. The number of carboxylic acids is 1. The van der Waals surface area contributed by atoms with Gasteiger partial charge in [-0.3, -0.25) is 9.69 Å². The van der Waals surface area contributed by atoms with Gasteiger partial charge >= 0.3 is 5.97 Å². The standard InChI is InChI=1S/C15H21BrN2O2/c1-11-3-4-12(9-13(11)16)14(10-15(19)20)18-7-5-17(2)6-8-18/h3-4,9,14H,5-8,10H2,1-2H3,(H,19,20). The predicted molar refractivity (Wildman–Crippen MR) is 82.9 cm³/mol. The lowest BCUT2D eigenvalue weighted by molar-refractivity contribution is -0.138. The third kappa shape index (κ3) is 3.81. The molecule has 0 aromatic heterocycles. The lowest BCUT2D eigenvalue weighted by atomic mass is 10.00. The monoisotopic (exact) mass is 340 g/mol. The highest BCUT2D eigenvalue weighted by Gasteiger charge is 2.26. The van der Waals surface area contributed by atoms with Crippen molar-refractivity contribution < 1.29 is 9.90 Å². The number of likely N-dealkylation sites (N-methyl/N-ethyl adjacent to an activating group) is 1. The Morgan fingerprint density at radius 1 is 1.35 bits per heavy atom. The van der Waals surface area contributed by atoms with E-state index in [9.17, 15) is 9.90 Å². The molecule has 1 aromatic carbocycles. The van der Waals surface area contributed by atoms with E-state index in [2.05, 4.69) is 38.8 Å². The molecule has 1 heterocycles. The van der Waals surface area contributed by atoms with Gasteiger partial charge in [-0.25, -0.2) is 0 Å². The van der Waals surface area contributed by atoms with E-state index in [1.54, 1.807) is 0 Å². The zero-order chi connectivity index (χ0) is 14.7. The van der Waals surface area contributed by atoms with Gasteiger partial charge < -0.3 is 10.0 Å². The molecule has 5 heteroatoms. The molecular formula is C15H21BrN2O2. The SMILES string of the molecule is Cc1ccc(C(CC(=O)O)N2CCN(C)CC2)cc1Br. The number of hydrogen-bond donors (Lipinski definition) is 1. The van der Waals surface area contributed by atoms with Crippen LogP contribution in [-0.4, -0.2) is 54.1 Å². The van der Waals surface area contributed by atoms with Crippen LogP contribution in [0.2, 0.25) is 0 Å². The smallest absolute Gasteiger partial charge is 0.305 e. The third-order valence-corrected chi connectivity index (χ3v) is 4.78. The summed E-state index contributed by atoms with van der Waals surface area (Å²) in [6, 6.07) is 6.11. The number of carbonyl (C=O) groups is 1. The molecule has 1 aliphatic heterocycles. The van der Waals surface area contributed by atoms with Crippen LogP contribution in [0.1, 0.15) is 23.6 Å². The van der Waals surface area contributed by atoms with Crippen molar-refractivity contribution in [1.82, 2.24) is 9.80 Å². The molecule has 1 fully saturated rings. The van der Waals surface area contributed by atoms with Crippen molar-refractivity contribution in [2.75, 3.05) is 33.2 Å². The number of halogens is 1. The lowest BCUT2D eigenvalue weighted by Gasteiger charge is -2.37. The second-order valence-electron chi connectivity index (χ2n) is 5.46. The topological polar surface area (TPSA) is 43.8 Å². The van der Waals surface area contributed by atoms with Crippen LogP contribution in [-0.2, 0) is 4.79 Å². The number of nitrogens with zero attached hydrogens (tertiary/aromatic N) is 2. The molecule has 110 valence electrons. The summed E-state index contributed by atoms with van der Waals surface area (Å²) in [6.07, 6.45) is 0.152. The number of hydrogen-bond acceptors (Lipinski definition) is 3. The minimum atomic E-state index is -0.745. The maximum Gasteiger partial charge on any atom is 0.305 e. The summed E-state index contributed by atoms with van der Waals surface area (Å²) in [7, 11) is 2.10.